The van der Waals surface area contributed by atoms with Crippen LogP contribution in [-0.2, 0) is 23.9 Å². The highest BCUT2D eigenvalue weighted by Gasteiger charge is 2.62. The van der Waals surface area contributed by atoms with Crippen LogP contribution in [0.1, 0.15) is 47.5 Å². The summed E-state index contributed by atoms with van der Waals surface area (Å²) in [5.41, 5.74) is 0.308. The van der Waals surface area contributed by atoms with Gasteiger partial charge in [0.25, 0.3) is 0 Å². The zero-order chi connectivity index (χ0) is 18.6. The summed E-state index contributed by atoms with van der Waals surface area (Å²) in [5.74, 6) is -1.39. The first-order valence-corrected chi connectivity index (χ1v) is 8.66. The molecule has 2 aliphatic carbocycles. The number of allylic oxidation sites excluding steroid dienone is 4. The number of hydrogen-bond acceptors (Lipinski definition) is 5. The van der Waals surface area contributed by atoms with Gasteiger partial charge in [-0.2, -0.15) is 0 Å². The molecule has 4 atom stereocenters. The molecular formula is C20H24O5. The molecule has 1 saturated carbocycles. The van der Waals surface area contributed by atoms with Crippen molar-refractivity contribution < 1.29 is 23.9 Å². The lowest BCUT2D eigenvalue weighted by Gasteiger charge is -2.44. The Morgan fingerprint density at radius 1 is 1.36 bits per heavy atom. The minimum absolute atomic E-state index is 0.0560. The summed E-state index contributed by atoms with van der Waals surface area (Å²) < 4.78 is 11.3. The number of carbonyl (C=O) groups is 3. The zero-order valence-electron chi connectivity index (χ0n) is 15.3. The number of fused-ring (bicyclic) bond motifs is 3. The molecule has 0 amide bonds. The van der Waals surface area contributed by atoms with Crippen LogP contribution in [0.2, 0.25) is 0 Å². The number of rotatable bonds is 2. The molecule has 0 N–H and O–H groups in total. The predicted octanol–water partition coefficient (Wildman–Crippen LogP) is 3.05. The van der Waals surface area contributed by atoms with Gasteiger partial charge in [-0.25, -0.2) is 9.59 Å². The normalized spacial score (nSPS) is 37.6. The van der Waals surface area contributed by atoms with Crippen molar-refractivity contribution in [2.24, 2.45) is 11.3 Å². The maximum atomic E-state index is 12.6. The standard InChI is InChI=1S/C20H24O5/c1-6-11(2)17(22)25-20(5)13-7-9-19(4)10-8-14(21)12(3)15(19)16(13)24-18(20)23/h6,8,10,13,16H,7,9H2,1-5H3/b11-6+/t13-,16-,19-,20+/m1/s1. The van der Waals surface area contributed by atoms with Crippen molar-refractivity contribution >= 4 is 17.7 Å². The Morgan fingerprint density at radius 3 is 2.68 bits per heavy atom. The first kappa shape index (κ1) is 17.6. The van der Waals surface area contributed by atoms with E-state index in [4.69, 9.17) is 9.47 Å². The van der Waals surface area contributed by atoms with Crippen molar-refractivity contribution in [1.29, 1.82) is 0 Å². The van der Waals surface area contributed by atoms with Gasteiger partial charge >= 0.3 is 11.9 Å². The van der Waals surface area contributed by atoms with E-state index in [9.17, 15) is 14.4 Å². The van der Waals surface area contributed by atoms with Crippen LogP contribution in [0.5, 0.6) is 0 Å². The molecule has 0 aromatic rings. The van der Waals surface area contributed by atoms with Crippen LogP contribution in [0.15, 0.2) is 34.9 Å². The molecule has 5 nitrogen and oxygen atoms in total. The highest BCUT2D eigenvalue weighted by Crippen LogP contribution is 2.54. The Labute approximate surface area is 147 Å². The van der Waals surface area contributed by atoms with Gasteiger partial charge in [-0.05, 0) is 52.2 Å². The monoisotopic (exact) mass is 344 g/mol. The summed E-state index contributed by atoms with van der Waals surface area (Å²) in [6.07, 6.45) is 6.10. The maximum Gasteiger partial charge on any atom is 0.351 e. The maximum absolute atomic E-state index is 12.6. The summed E-state index contributed by atoms with van der Waals surface area (Å²) >= 11 is 0. The number of hydrogen-bond donors (Lipinski definition) is 0. The Kier molecular flexibility index (Phi) is 4.01. The van der Waals surface area contributed by atoms with Gasteiger partial charge in [0.2, 0.25) is 5.60 Å². The third-order valence-electron chi connectivity index (χ3n) is 6.02. The minimum atomic E-state index is -1.33. The van der Waals surface area contributed by atoms with Crippen LogP contribution in [0.3, 0.4) is 0 Å². The van der Waals surface area contributed by atoms with E-state index in [0.29, 0.717) is 17.6 Å². The molecular weight excluding hydrogens is 320 g/mol. The van der Waals surface area contributed by atoms with Crippen molar-refractivity contribution in [2.45, 2.75) is 59.2 Å². The molecule has 1 aliphatic heterocycles. The van der Waals surface area contributed by atoms with E-state index < -0.39 is 23.6 Å². The van der Waals surface area contributed by atoms with Gasteiger partial charge in [0, 0.05) is 16.6 Å². The quantitative estimate of drug-likeness (QED) is 0.569. The van der Waals surface area contributed by atoms with Gasteiger partial charge in [-0.15, -0.1) is 0 Å². The fraction of sp³-hybridized carbons (Fsp3) is 0.550. The molecule has 0 bridgehead atoms. The van der Waals surface area contributed by atoms with Crippen molar-refractivity contribution in [1.82, 2.24) is 0 Å². The van der Waals surface area contributed by atoms with Gasteiger partial charge < -0.3 is 9.47 Å². The van der Waals surface area contributed by atoms with Crippen molar-refractivity contribution in [3.8, 4) is 0 Å². The first-order valence-electron chi connectivity index (χ1n) is 8.66. The van der Waals surface area contributed by atoms with Crippen LogP contribution in [-0.4, -0.2) is 29.4 Å². The molecule has 134 valence electrons. The molecule has 0 spiro atoms. The van der Waals surface area contributed by atoms with Crippen LogP contribution < -0.4 is 0 Å². The number of ether oxygens (including phenoxy) is 2. The molecule has 0 aromatic heterocycles. The second kappa shape index (κ2) is 5.68. The van der Waals surface area contributed by atoms with Crippen molar-refractivity contribution in [2.75, 3.05) is 0 Å². The smallest absolute Gasteiger partial charge is 0.351 e. The van der Waals surface area contributed by atoms with Gasteiger partial charge in [-0.3, -0.25) is 4.79 Å². The second-order valence-electron chi connectivity index (χ2n) is 7.59. The van der Waals surface area contributed by atoms with E-state index in [1.54, 1.807) is 39.8 Å². The molecule has 0 radical (unpaired) electrons. The highest BCUT2D eigenvalue weighted by molar-refractivity contribution is 6.06. The molecule has 5 heteroatoms. The van der Waals surface area contributed by atoms with Crippen LogP contribution in [0.25, 0.3) is 0 Å². The lowest BCUT2D eigenvalue weighted by Crippen LogP contribution is -2.48. The van der Waals surface area contributed by atoms with Crippen LogP contribution in [0.4, 0.5) is 0 Å². The van der Waals surface area contributed by atoms with Gasteiger partial charge in [0.1, 0.15) is 6.10 Å². The Morgan fingerprint density at radius 2 is 2.04 bits per heavy atom. The Bertz CT molecular complexity index is 756. The third-order valence-corrected chi connectivity index (χ3v) is 6.02. The third kappa shape index (κ3) is 2.48. The molecule has 2 fully saturated rings. The zero-order valence-corrected chi connectivity index (χ0v) is 15.3. The first-order chi connectivity index (χ1) is 11.6. The molecule has 3 rings (SSSR count). The van der Waals surface area contributed by atoms with E-state index in [0.717, 1.165) is 12.0 Å². The number of carbonyl (C=O) groups excluding carboxylic acids is 3. The topological polar surface area (TPSA) is 69.7 Å². The molecule has 25 heavy (non-hydrogen) atoms. The Hall–Kier alpha value is -2.17. The van der Waals surface area contributed by atoms with E-state index in [-0.39, 0.29) is 17.1 Å². The van der Waals surface area contributed by atoms with Crippen molar-refractivity contribution in [3.63, 3.8) is 0 Å². The lowest BCUT2D eigenvalue weighted by atomic mass is 9.61. The fourth-order valence-electron chi connectivity index (χ4n) is 4.20. The van der Waals surface area contributed by atoms with E-state index >= 15 is 0 Å². The molecule has 1 saturated heterocycles. The SMILES string of the molecule is C/C=C(\C)C(=O)O[C@]1(C)C(=O)O[C@H]2C3=C(C)C(=O)C=C[C@@]3(C)CC[C@H]21. The van der Waals surface area contributed by atoms with E-state index in [1.165, 1.54) is 0 Å². The summed E-state index contributed by atoms with van der Waals surface area (Å²) in [5, 5.41) is 0. The Balaban J connectivity index is 1.99. The highest BCUT2D eigenvalue weighted by atomic mass is 16.6. The van der Waals surface area contributed by atoms with E-state index in [2.05, 4.69) is 6.92 Å². The van der Waals surface area contributed by atoms with Gasteiger partial charge in [-0.1, -0.05) is 19.1 Å². The predicted molar refractivity (Wildman–Crippen MR) is 91.5 cm³/mol. The summed E-state index contributed by atoms with van der Waals surface area (Å²) in [7, 11) is 0. The second-order valence-corrected chi connectivity index (χ2v) is 7.59. The summed E-state index contributed by atoms with van der Waals surface area (Å²) in [6.45, 7) is 8.86. The fourth-order valence-corrected chi connectivity index (χ4v) is 4.20. The van der Waals surface area contributed by atoms with Gasteiger partial charge in [0.05, 0.1) is 5.92 Å². The van der Waals surface area contributed by atoms with Gasteiger partial charge in [0.15, 0.2) is 5.78 Å². The molecule has 3 aliphatic rings. The average molecular weight is 344 g/mol. The lowest BCUT2D eigenvalue weighted by molar-refractivity contribution is -0.170. The number of ketones is 1. The number of esters is 2. The molecule has 0 aromatic carbocycles. The molecule has 0 unspecified atom stereocenters. The van der Waals surface area contributed by atoms with Crippen LogP contribution >= 0.6 is 0 Å². The van der Waals surface area contributed by atoms with Crippen LogP contribution in [0, 0.1) is 11.3 Å². The summed E-state index contributed by atoms with van der Waals surface area (Å²) in [6, 6.07) is 0. The summed E-state index contributed by atoms with van der Waals surface area (Å²) in [4.78, 5) is 37.0. The average Bonchev–Trinajstić information content (AvgIpc) is 2.81. The molecule has 1 heterocycles. The largest absolute Gasteiger partial charge is 0.454 e. The van der Waals surface area contributed by atoms with Crippen molar-refractivity contribution in [3.05, 3.63) is 34.9 Å². The minimum Gasteiger partial charge on any atom is -0.454 e. The van der Waals surface area contributed by atoms with E-state index in [1.807, 2.05) is 6.08 Å².